The molecule has 140 valence electrons. The van der Waals surface area contributed by atoms with Gasteiger partial charge in [-0.25, -0.2) is 30.3 Å². The van der Waals surface area contributed by atoms with Gasteiger partial charge in [0.1, 0.15) is 10.7 Å². The number of carbonyl (C=O) groups is 1. The first-order valence-electron chi connectivity index (χ1n) is 7.42. The average Bonchev–Trinajstić information content (AvgIpc) is 2.54. The van der Waals surface area contributed by atoms with Crippen LogP contribution in [0.5, 0.6) is 0 Å². The zero-order chi connectivity index (χ0) is 19.0. The summed E-state index contributed by atoms with van der Waals surface area (Å²) in [5.41, 5.74) is -0.372. The molecule has 1 aliphatic heterocycles. The van der Waals surface area contributed by atoms with E-state index in [2.05, 4.69) is 0 Å². The lowest BCUT2D eigenvalue weighted by molar-refractivity contribution is 0.0696. The molecule has 0 aromatic heterocycles. The number of nitrogens with zero attached hydrogens (tertiary/aromatic N) is 2. The van der Waals surface area contributed by atoms with Crippen LogP contribution in [0.15, 0.2) is 23.1 Å². The maximum Gasteiger partial charge on any atom is 0.335 e. The lowest BCUT2D eigenvalue weighted by atomic mass is 10.2. The molecule has 8 nitrogen and oxygen atoms in total. The fraction of sp³-hybridized carbons (Fsp3) is 0.500. The summed E-state index contributed by atoms with van der Waals surface area (Å²) in [5.74, 6) is -2.56. The number of piperidine rings is 1. The fourth-order valence-corrected chi connectivity index (χ4v) is 5.74. The van der Waals surface area contributed by atoms with Gasteiger partial charge in [0.25, 0.3) is 0 Å². The van der Waals surface area contributed by atoms with Crippen molar-refractivity contribution < 1.29 is 31.1 Å². The van der Waals surface area contributed by atoms with E-state index < -0.39 is 42.0 Å². The molecule has 1 unspecified atom stereocenters. The standard InChI is InChI=1S/C14H19FN2O6S2/c1-16(2)24(20,21)11-4-3-7-17(9-11)25(22,23)13-6-5-10(14(18)19)8-12(13)15/h5-6,8,11H,3-4,7,9H2,1-2H3,(H,18,19). The average molecular weight is 394 g/mol. The van der Waals surface area contributed by atoms with E-state index in [4.69, 9.17) is 5.11 Å². The van der Waals surface area contributed by atoms with E-state index in [-0.39, 0.29) is 18.7 Å². The largest absolute Gasteiger partial charge is 0.478 e. The number of halogens is 1. The summed E-state index contributed by atoms with van der Waals surface area (Å²) in [6.45, 7) is -0.203. The zero-order valence-electron chi connectivity index (χ0n) is 13.7. The van der Waals surface area contributed by atoms with E-state index in [0.29, 0.717) is 18.9 Å². The van der Waals surface area contributed by atoms with Crippen LogP contribution in [0.4, 0.5) is 4.39 Å². The summed E-state index contributed by atoms with van der Waals surface area (Å²) in [6, 6.07) is 2.52. The summed E-state index contributed by atoms with van der Waals surface area (Å²) in [7, 11) is -5.18. The van der Waals surface area contributed by atoms with E-state index in [1.54, 1.807) is 0 Å². The summed E-state index contributed by atoms with van der Waals surface area (Å²) in [6.07, 6.45) is 0.638. The monoisotopic (exact) mass is 394 g/mol. The van der Waals surface area contributed by atoms with Gasteiger partial charge in [-0.15, -0.1) is 0 Å². The number of carboxylic acids is 1. The molecule has 0 radical (unpaired) electrons. The van der Waals surface area contributed by atoms with Gasteiger partial charge in [-0.2, -0.15) is 4.31 Å². The van der Waals surface area contributed by atoms with Crippen LogP contribution in [-0.4, -0.2) is 69.0 Å². The zero-order valence-corrected chi connectivity index (χ0v) is 15.3. The van der Waals surface area contributed by atoms with Crippen LogP contribution >= 0.6 is 0 Å². The Bertz CT molecular complexity index is 883. The Balaban J connectivity index is 2.35. The van der Waals surface area contributed by atoms with E-state index in [1.807, 2.05) is 0 Å². The predicted molar refractivity (Wildman–Crippen MR) is 87.7 cm³/mol. The molecule has 1 atom stereocenters. The predicted octanol–water partition coefficient (Wildman–Crippen LogP) is 0.568. The molecule has 1 heterocycles. The summed E-state index contributed by atoms with van der Waals surface area (Å²) in [4.78, 5) is 10.2. The number of carboxylic acid groups (broad SMARTS) is 1. The Labute approximate surface area is 146 Å². The van der Waals surface area contributed by atoms with Gasteiger partial charge < -0.3 is 5.11 Å². The molecular weight excluding hydrogens is 375 g/mol. The van der Waals surface area contributed by atoms with Crippen LogP contribution in [0.25, 0.3) is 0 Å². The van der Waals surface area contributed by atoms with Gasteiger partial charge in [-0.3, -0.25) is 0 Å². The molecule has 0 spiro atoms. The van der Waals surface area contributed by atoms with Crippen molar-refractivity contribution >= 4 is 26.0 Å². The summed E-state index contributed by atoms with van der Waals surface area (Å²) >= 11 is 0. The lowest BCUT2D eigenvalue weighted by Gasteiger charge is -2.32. The van der Waals surface area contributed by atoms with E-state index in [9.17, 15) is 26.0 Å². The SMILES string of the molecule is CN(C)S(=O)(=O)C1CCCN(S(=O)(=O)c2ccc(C(=O)O)cc2F)C1. The highest BCUT2D eigenvalue weighted by Crippen LogP contribution is 2.26. The molecule has 0 bridgehead atoms. The van der Waals surface area contributed by atoms with Gasteiger partial charge in [0.15, 0.2) is 0 Å². The summed E-state index contributed by atoms with van der Waals surface area (Å²) in [5, 5.41) is 7.92. The minimum absolute atomic E-state index is 0.0713. The molecule has 1 aromatic carbocycles. The highest BCUT2D eigenvalue weighted by Gasteiger charge is 2.38. The third-order valence-corrected chi connectivity index (χ3v) is 8.21. The van der Waals surface area contributed by atoms with Crippen molar-refractivity contribution in [3.63, 3.8) is 0 Å². The molecule has 1 fully saturated rings. The summed E-state index contributed by atoms with van der Waals surface area (Å²) < 4.78 is 65.9. The smallest absolute Gasteiger partial charge is 0.335 e. The Morgan fingerprint density at radius 2 is 1.92 bits per heavy atom. The molecule has 11 heteroatoms. The second-order valence-electron chi connectivity index (χ2n) is 5.90. The second kappa shape index (κ2) is 6.98. The molecule has 1 N–H and O–H groups in total. The van der Waals surface area contributed by atoms with Crippen LogP contribution in [-0.2, 0) is 20.0 Å². The maximum absolute atomic E-state index is 14.1. The van der Waals surface area contributed by atoms with E-state index in [0.717, 1.165) is 20.7 Å². The molecule has 2 rings (SSSR count). The van der Waals surface area contributed by atoms with Crippen molar-refractivity contribution in [1.82, 2.24) is 8.61 Å². The topological polar surface area (TPSA) is 112 Å². The molecule has 1 saturated heterocycles. The van der Waals surface area contributed by atoms with Gasteiger partial charge in [-0.1, -0.05) is 0 Å². The maximum atomic E-state index is 14.1. The molecule has 1 aliphatic rings. The van der Waals surface area contributed by atoms with Crippen LogP contribution < -0.4 is 0 Å². The van der Waals surface area contributed by atoms with E-state index in [1.165, 1.54) is 14.1 Å². The van der Waals surface area contributed by atoms with Crippen molar-refractivity contribution in [1.29, 1.82) is 0 Å². The quantitative estimate of drug-likeness (QED) is 0.781. The van der Waals surface area contributed by atoms with Crippen LogP contribution in [0.3, 0.4) is 0 Å². The molecule has 0 aliphatic carbocycles. The van der Waals surface area contributed by atoms with Gasteiger partial charge in [0.2, 0.25) is 20.0 Å². The molecule has 25 heavy (non-hydrogen) atoms. The highest BCUT2D eigenvalue weighted by molar-refractivity contribution is 7.90. The highest BCUT2D eigenvalue weighted by atomic mass is 32.2. The number of sulfonamides is 2. The van der Waals surface area contributed by atoms with Gasteiger partial charge >= 0.3 is 5.97 Å². The van der Waals surface area contributed by atoms with Crippen molar-refractivity contribution in [2.75, 3.05) is 27.2 Å². The molecule has 0 saturated carbocycles. The first-order valence-corrected chi connectivity index (χ1v) is 10.4. The first kappa shape index (κ1) is 19.8. The normalized spacial score (nSPS) is 19.9. The molecular formula is C14H19FN2O6S2. The number of hydrogen-bond acceptors (Lipinski definition) is 5. The Morgan fingerprint density at radius 3 is 2.44 bits per heavy atom. The van der Waals surface area contributed by atoms with Crippen molar-refractivity contribution in [2.45, 2.75) is 23.0 Å². The minimum atomic E-state index is -4.27. The molecule has 0 amide bonds. The van der Waals surface area contributed by atoms with Crippen molar-refractivity contribution in [3.05, 3.63) is 29.6 Å². The first-order chi connectivity index (χ1) is 11.5. The Kier molecular flexibility index (Phi) is 5.52. The van der Waals surface area contributed by atoms with Gasteiger partial charge in [0.05, 0.1) is 10.8 Å². The molecule has 1 aromatic rings. The third-order valence-electron chi connectivity index (χ3n) is 4.07. The Morgan fingerprint density at radius 1 is 1.28 bits per heavy atom. The third kappa shape index (κ3) is 3.84. The van der Waals surface area contributed by atoms with Crippen molar-refractivity contribution in [2.24, 2.45) is 0 Å². The van der Waals surface area contributed by atoms with Crippen LogP contribution in [0, 0.1) is 5.82 Å². The van der Waals surface area contributed by atoms with Gasteiger partial charge in [-0.05, 0) is 31.0 Å². The second-order valence-corrected chi connectivity index (χ2v) is 10.2. The van der Waals surface area contributed by atoms with Crippen LogP contribution in [0.1, 0.15) is 23.2 Å². The number of benzene rings is 1. The fourth-order valence-electron chi connectivity index (χ4n) is 2.65. The van der Waals surface area contributed by atoms with Crippen molar-refractivity contribution in [3.8, 4) is 0 Å². The number of rotatable bonds is 5. The van der Waals surface area contributed by atoms with Crippen LogP contribution in [0.2, 0.25) is 0 Å². The van der Waals surface area contributed by atoms with Gasteiger partial charge in [0, 0.05) is 27.2 Å². The minimum Gasteiger partial charge on any atom is -0.478 e. The lowest BCUT2D eigenvalue weighted by Crippen LogP contribution is -2.48. The number of aromatic carboxylic acids is 1. The van der Waals surface area contributed by atoms with E-state index >= 15 is 0 Å². The Hall–Kier alpha value is -1.56. The number of hydrogen-bond donors (Lipinski definition) is 1.